The standard InChI is InChI=1S/C13H18ClN5/c1-3-10-6-4-5-7-18(10)12-11(14)9(2)17-13-15-8-16-19(12)13/h8,10H,3-7H2,1-2H3. The highest BCUT2D eigenvalue weighted by Gasteiger charge is 2.26. The van der Waals surface area contributed by atoms with Gasteiger partial charge in [-0.15, -0.1) is 0 Å². The summed E-state index contributed by atoms with van der Waals surface area (Å²) in [6, 6.07) is 0.528. The van der Waals surface area contributed by atoms with Gasteiger partial charge in [0.2, 0.25) is 0 Å². The summed E-state index contributed by atoms with van der Waals surface area (Å²) in [4.78, 5) is 10.9. The Balaban J connectivity index is 2.17. The van der Waals surface area contributed by atoms with Crippen molar-refractivity contribution in [3.63, 3.8) is 0 Å². The molecule has 1 unspecified atom stereocenters. The molecule has 3 rings (SSSR count). The predicted molar refractivity (Wildman–Crippen MR) is 75.8 cm³/mol. The second-order valence-corrected chi connectivity index (χ2v) is 5.44. The number of hydrogen-bond acceptors (Lipinski definition) is 4. The van der Waals surface area contributed by atoms with Crippen molar-refractivity contribution in [3.8, 4) is 0 Å². The molecule has 0 saturated carbocycles. The second-order valence-electron chi connectivity index (χ2n) is 5.06. The molecule has 19 heavy (non-hydrogen) atoms. The van der Waals surface area contributed by atoms with Crippen molar-refractivity contribution in [1.29, 1.82) is 0 Å². The zero-order valence-electron chi connectivity index (χ0n) is 11.3. The molecule has 1 atom stereocenters. The fourth-order valence-electron chi connectivity index (χ4n) is 2.87. The van der Waals surface area contributed by atoms with Crippen LogP contribution in [0, 0.1) is 6.92 Å². The number of aromatic nitrogens is 4. The topological polar surface area (TPSA) is 46.3 Å². The molecule has 0 aromatic carbocycles. The van der Waals surface area contributed by atoms with E-state index < -0.39 is 0 Å². The maximum atomic E-state index is 6.49. The lowest BCUT2D eigenvalue weighted by atomic mass is 10.00. The van der Waals surface area contributed by atoms with E-state index in [1.54, 1.807) is 4.52 Å². The van der Waals surface area contributed by atoms with E-state index in [9.17, 15) is 0 Å². The zero-order chi connectivity index (χ0) is 13.4. The van der Waals surface area contributed by atoms with Crippen molar-refractivity contribution in [1.82, 2.24) is 19.6 Å². The Morgan fingerprint density at radius 3 is 3.05 bits per heavy atom. The molecule has 1 fully saturated rings. The quantitative estimate of drug-likeness (QED) is 0.848. The van der Waals surface area contributed by atoms with Gasteiger partial charge in [-0.2, -0.15) is 14.6 Å². The number of fused-ring (bicyclic) bond motifs is 1. The third-order valence-electron chi connectivity index (χ3n) is 3.88. The van der Waals surface area contributed by atoms with Gasteiger partial charge in [-0.3, -0.25) is 0 Å². The normalized spacial score (nSPS) is 20.2. The van der Waals surface area contributed by atoms with Crippen LogP contribution in [0.25, 0.3) is 5.78 Å². The first-order valence-corrected chi connectivity index (χ1v) is 7.22. The van der Waals surface area contributed by atoms with Gasteiger partial charge in [0.15, 0.2) is 5.82 Å². The van der Waals surface area contributed by atoms with Crippen molar-refractivity contribution in [2.24, 2.45) is 0 Å². The molecule has 0 amide bonds. The van der Waals surface area contributed by atoms with Crippen molar-refractivity contribution in [2.75, 3.05) is 11.4 Å². The average Bonchev–Trinajstić information content (AvgIpc) is 2.88. The molecule has 1 aliphatic heterocycles. The molecule has 102 valence electrons. The van der Waals surface area contributed by atoms with Crippen LogP contribution in [-0.2, 0) is 0 Å². The van der Waals surface area contributed by atoms with Crippen LogP contribution in [-0.4, -0.2) is 32.2 Å². The van der Waals surface area contributed by atoms with Crippen LogP contribution >= 0.6 is 11.6 Å². The maximum Gasteiger partial charge on any atom is 0.254 e. The Bertz CT molecular complexity index is 594. The molecular weight excluding hydrogens is 262 g/mol. The molecule has 6 heteroatoms. The Morgan fingerprint density at radius 2 is 2.26 bits per heavy atom. The summed E-state index contributed by atoms with van der Waals surface area (Å²) in [5, 5.41) is 4.97. The van der Waals surface area contributed by atoms with E-state index in [2.05, 4.69) is 26.9 Å². The van der Waals surface area contributed by atoms with Crippen LogP contribution < -0.4 is 4.90 Å². The zero-order valence-corrected chi connectivity index (χ0v) is 12.1. The van der Waals surface area contributed by atoms with Crippen LogP contribution in [0.2, 0.25) is 5.02 Å². The predicted octanol–water partition coefficient (Wildman–Crippen LogP) is 2.86. The summed E-state index contributed by atoms with van der Waals surface area (Å²) in [6.07, 6.45) is 6.35. The fourth-order valence-corrected chi connectivity index (χ4v) is 3.10. The number of rotatable bonds is 2. The van der Waals surface area contributed by atoms with Crippen molar-refractivity contribution < 1.29 is 0 Å². The lowest BCUT2D eigenvalue weighted by molar-refractivity contribution is 0.444. The highest BCUT2D eigenvalue weighted by atomic mass is 35.5. The first kappa shape index (κ1) is 12.7. The van der Waals surface area contributed by atoms with Gasteiger partial charge in [-0.05, 0) is 32.6 Å². The van der Waals surface area contributed by atoms with Crippen molar-refractivity contribution >= 4 is 23.2 Å². The van der Waals surface area contributed by atoms with E-state index in [0.29, 0.717) is 16.8 Å². The number of anilines is 1. The summed E-state index contributed by atoms with van der Waals surface area (Å²) in [7, 11) is 0. The van der Waals surface area contributed by atoms with Gasteiger partial charge >= 0.3 is 0 Å². The van der Waals surface area contributed by atoms with Crippen LogP contribution in [0.1, 0.15) is 38.3 Å². The molecule has 1 saturated heterocycles. The molecule has 5 nitrogen and oxygen atoms in total. The largest absolute Gasteiger partial charge is 0.352 e. The van der Waals surface area contributed by atoms with Gasteiger partial charge in [-0.1, -0.05) is 18.5 Å². The van der Waals surface area contributed by atoms with E-state index in [1.165, 1.54) is 25.6 Å². The van der Waals surface area contributed by atoms with Gasteiger partial charge in [-0.25, -0.2) is 4.98 Å². The average molecular weight is 280 g/mol. The van der Waals surface area contributed by atoms with E-state index in [-0.39, 0.29) is 0 Å². The first-order chi connectivity index (χ1) is 9.22. The number of aryl methyl sites for hydroxylation is 1. The second kappa shape index (κ2) is 4.96. The number of piperidine rings is 1. The smallest absolute Gasteiger partial charge is 0.254 e. The summed E-state index contributed by atoms with van der Waals surface area (Å²) in [6.45, 7) is 5.17. The van der Waals surface area contributed by atoms with Gasteiger partial charge in [0.25, 0.3) is 5.78 Å². The van der Waals surface area contributed by atoms with Crippen LogP contribution in [0.3, 0.4) is 0 Å². The van der Waals surface area contributed by atoms with Crippen LogP contribution in [0.15, 0.2) is 6.33 Å². The number of hydrogen-bond donors (Lipinski definition) is 0. The van der Waals surface area contributed by atoms with E-state index in [1.807, 2.05) is 6.92 Å². The summed E-state index contributed by atoms with van der Waals surface area (Å²) < 4.78 is 1.77. The molecule has 0 N–H and O–H groups in total. The summed E-state index contributed by atoms with van der Waals surface area (Å²) >= 11 is 6.49. The van der Waals surface area contributed by atoms with Gasteiger partial charge < -0.3 is 4.90 Å². The lowest BCUT2D eigenvalue weighted by Gasteiger charge is -2.37. The minimum absolute atomic E-state index is 0.528. The monoisotopic (exact) mass is 279 g/mol. The summed E-state index contributed by atoms with van der Waals surface area (Å²) in [5.41, 5.74) is 0.817. The van der Waals surface area contributed by atoms with E-state index >= 15 is 0 Å². The molecule has 0 bridgehead atoms. The van der Waals surface area contributed by atoms with Crippen LogP contribution in [0.4, 0.5) is 5.82 Å². The third-order valence-corrected chi connectivity index (χ3v) is 4.33. The third kappa shape index (κ3) is 2.06. The highest BCUT2D eigenvalue weighted by Crippen LogP contribution is 2.33. The number of halogens is 1. The lowest BCUT2D eigenvalue weighted by Crippen LogP contribution is -2.40. The Kier molecular flexibility index (Phi) is 3.31. The van der Waals surface area contributed by atoms with Gasteiger partial charge in [0, 0.05) is 12.6 Å². The minimum atomic E-state index is 0.528. The van der Waals surface area contributed by atoms with Crippen LogP contribution in [0.5, 0.6) is 0 Å². The molecule has 0 aliphatic carbocycles. The first-order valence-electron chi connectivity index (χ1n) is 6.85. The van der Waals surface area contributed by atoms with Gasteiger partial charge in [0.1, 0.15) is 11.3 Å². The maximum absolute atomic E-state index is 6.49. The Morgan fingerprint density at radius 1 is 1.42 bits per heavy atom. The molecule has 0 radical (unpaired) electrons. The molecule has 2 aromatic heterocycles. The van der Waals surface area contributed by atoms with E-state index in [0.717, 1.165) is 24.5 Å². The molecule has 2 aromatic rings. The highest BCUT2D eigenvalue weighted by molar-refractivity contribution is 6.33. The van der Waals surface area contributed by atoms with E-state index in [4.69, 9.17) is 11.6 Å². The number of nitrogens with zero attached hydrogens (tertiary/aromatic N) is 5. The molecule has 3 heterocycles. The van der Waals surface area contributed by atoms with Gasteiger partial charge in [0.05, 0.1) is 5.69 Å². The van der Waals surface area contributed by atoms with Crippen molar-refractivity contribution in [2.45, 2.75) is 45.6 Å². The van der Waals surface area contributed by atoms with Crippen molar-refractivity contribution in [3.05, 3.63) is 17.0 Å². The minimum Gasteiger partial charge on any atom is -0.352 e. The molecule has 0 spiro atoms. The summed E-state index contributed by atoms with van der Waals surface area (Å²) in [5.74, 6) is 1.57. The Labute approximate surface area is 117 Å². The SMILES string of the molecule is CCC1CCCCN1c1c(Cl)c(C)nc2ncnn12. The molecular formula is C13H18ClN5. The Hall–Kier alpha value is -1.36. The molecule has 1 aliphatic rings. The fraction of sp³-hybridized carbons (Fsp3) is 0.615.